The number of rotatable bonds is 8. The van der Waals surface area contributed by atoms with Gasteiger partial charge in [-0.3, -0.25) is 19.5 Å². The van der Waals surface area contributed by atoms with E-state index in [9.17, 15) is 9.90 Å². The average Bonchev–Trinajstić information content (AvgIpc) is 3.18. The molecule has 1 amide bonds. The summed E-state index contributed by atoms with van der Waals surface area (Å²) in [5.74, 6) is -0.206. The fourth-order valence-corrected chi connectivity index (χ4v) is 6.52. The second-order valence-electron chi connectivity index (χ2n) is 10.4. The molecule has 1 aromatic heterocycles. The maximum absolute atomic E-state index is 14.1. The highest BCUT2D eigenvalue weighted by Gasteiger charge is 2.58. The van der Waals surface area contributed by atoms with Gasteiger partial charge in [-0.15, -0.1) is 0 Å². The van der Waals surface area contributed by atoms with Gasteiger partial charge in [-0.1, -0.05) is 47.5 Å². The first-order valence-electron chi connectivity index (χ1n) is 13.2. The topological polar surface area (TPSA) is 69.1 Å². The number of nitrogens with zero attached hydrogens (tertiary/aromatic N) is 4. The lowest BCUT2D eigenvalue weighted by Crippen LogP contribution is -2.64. The first-order valence-corrected chi connectivity index (χ1v) is 14.0. The fourth-order valence-electron chi connectivity index (χ4n) is 6.28. The van der Waals surface area contributed by atoms with Crippen molar-refractivity contribution in [2.45, 2.75) is 37.4 Å². The number of piperazine rings is 1. The zero-order valence-corrected chi connectivity index (χ0v) is 24.0. The van der Waals surface area contributed by atoms with E-state index in [0.717, 1.165) is 42.0 Å². The second-order valence-corrected chi connectivity index (χ2v) is 11.3. The highest BCUT2D eigenvalue weighted by molar-refractivity contribution is 6.30. The summed E-state index contributed by atoms with van der Waals surface area (Å²) in [7, 11) is 3.67. The quantitative estimate of drug-likeness (QED) is 0.417. The molecule has 3 aromatic rings. The molecule has 3 heterocycles. The average molecular weight is 570 g/mol. The minimum absolute atomic E-state index is 0.0363. The molecule has 39 heavy (non-hydrogen) atoms. The molecule has 7 nitrogen and oxygen atoms in total. The van der Waals surface area contributed by atoms with Crippen LogP contribution >= 0.6 is 23.2 Å². The number of carbonyl (C=O) groups excluding carboxylic acids is 1. The van der Waals surface area contributed by atoms with Crippen LogP contribution in [0.3, 0.4) is 0 Å². The summed E-state index contributed by atoms with van der Waals surface area (Å²) >= 11 is 12.4. The van der Waals surface area contributed by atoms with E-state index >= 15 is 0 Å². The van der Waals surface area contributed by atoms with E-state index in [4.69, 9.17) is 28.0 Å². The zero-order valence-electron chi connectivity index (χ0n) is 22.5. The molecule has 1 saturated heterocycles. The summed E-state index contributed by atoms with van der Waals surface area (Å²) in [5.41, 5.74) is 3.14. The van der Waals surface area contributed by atoms with Crippen molar-refractivity contribution in [1.29, 1.82) is 0 Å². The van der Waals surface area contributed by atoms with E-state index < -0.39 is 5.54 Å². The Bertz CT molecular complexity index is 1320. The molecule has 206 valence electrons. The first-order chi connectivity index (χ1) is 18.8. The van der Waals surface area contributed by atoms with Crippen molar-refractivity contribution < 1.29 is 14.7 Å². The van der Waals surface area contributed by atoms with Crippen molar-refractivity contribution in [2.75, 3.05) is 40.4 Å². The molecule has 0 spiro atoms. The van der Waals surface area contributed by atoms with Crippen molar-refractivity contribution in [1.82, 2.24) is 19.8 Å². The van der Waals surface area contributed by atoms with Gasteiger partial charge in [0.2, 0.25) is 0 Å². The van der Waals surface area contributed by atoms with Crippen LogP contribution in [-0.2, 0) is 16.8 Å². The molecule has 0 bridgehead atoms. The van der Waals surface area contributed by atoms with Gasteiger partial charge in [-0.25, -0.2) is 5.06 Å². The van der Waals surface area contributed by atoms with Crippen molar-refractivity contribution >= 4 is 29.1 Å². The maximum Gasteiger partial charge on any atom is 0.278 e. The molecule has 9 heteroatoms. The monoisotopic (exact) mass is 568 g/mol. The lowest BCUT2D eigenvalue weighted by atomic mass is 9.74. The number of carbonyl (C=O) groups is 1. The molecular formula is C30H34Cl2N4O3. The van der Waals surface area contributed by atoms with Gasteiger partial charge in [0, 0.05) is 72.8 Å². The van der Waals surface area contributed by atoms with Crippen molar-refractivity contribution in [2.24, 2.45) is 0 Å². The third-order valence-corrected chi connectivity index (χ3v) is 8.71. The van der Waals surface area contributed by atoms with Crippen LogP contribution < -0.4 is 0 Å². The number of amides is 1. The smallest absolute Gasteiger partial charge is 0.278 e. The van der Waals surface area contributed by atoms with Crippen LogP contribution in [0.25, 0.3) is 11.1 Å². The van der Waals surface area contributed by atoms with E-state index in [1.165, 1.54) is 5.06 Å². The lowest BCUT2D eigenvalue weighted by Gasteiger charge is -2.51. The predicted octanol–water partition coefficient (Wildman–Crippen LogP) is 4.90. The summed E-state index contributed by atoms with van der Waals surface area (Å²) in [5, 5.41) is 13.1. The van der Waals surface area contributed by atoms with Gasteiger partial charge in [0.25, 0.3) is 5.91 Å². The number of aliphatic hydroxyl groups is 1. The summed E-state index contributed by atoms with van der Waals surface area (Å²) in [6.07, 6.45) is 2.46. The van der Waals surface area contributed by atoms with Crippen molar-refractivity contribution in [3.63, 3.8) is 0 Å². The van der Waals surface area contributed by atoms with Crippen LogP contribution in [0, 0.1) is 0 Å². The Balaban J connectivity index is 1.78. The minimum Gasteiger partial charge on any atom is -0.396 e. The Morgan fingerprint density at radius 2 is 1.79 bits per heavy atom. The number of fused-ring (bicyclic) bond motifs is 1. The first kappa shape index (κ1) is 28.0. The Kier molecular flexibility index (Phi) is 8.29. The summed E-state index contributed by atoms with van der Waals surface area (Å²) in [6, 6.07) is 17.2. The molecule has 1 fully saturated rings. The van der Waals surface area contributed by atoms with Gasteiger partial charge in [0.05, 0.1) is 12.1 Å². The molecule has 3 atom stereocenters. The maximum atomic E-state index is 14.1. The number of aliphatic hydroxyl groups excluding tert-OH is 1. The van der Waals surface area contributed by atoms with Gasteiger partial charge in [-0.2, -0.15) is 0 Å². The van der Waals surface area contributed by atoms with Crippen molar-refractivity contribution in [3.05, 3.63) is 87.7 Å². The molecule has 2 aliphatic heterocycles. The SMILES string of the molecule is CON1C(=O)c2cccc(-c3ccc(Cl)cc3)c2[C@]1(Cc1ccc(Cl)cn1)C(CCO)N1CCN(C)[C@H](C)C1. The number of benzene rings is 2. The third kappa shape index (κ3) is 5.08. The Morgan fingerprint density at radius 3 is 2.44 bits per heavy atom. The molecule has 0 radical (unpaired) electrons. The van der Waals surface area contributed by atoms with Crippen LogP contribution in [0.1, 0.15) is 35.0 Å². The van der Waals surface area contributed by atoms with Crippen LogP contribution in [-0.4, -0.2) is 83.3 Å². The standard InChI is InChI=1S/C30H34Cl2N4O3/c1-20-19-35(15-14-34(20)2)27(13-16-37)30(17-24-12-11-23(32)18-33-24)28-25(21-7-9-22(31)10-8-21)5-4-6-26(28)29(38)36(30)39-3/h4-12,18,20,27,37H,13-17,19H2,1-3H3/t20-,27?,30+/m1/s1. The van der Waals surface area contributed by atoms with Gasteiger partial charge < -0.3 is 10.0 Å². The Labute approximate surface area is 239 Å². The number of pyridine rings is 1. The number of likely N-dealkylation sites (N-methyl/N-ethyl adjacent to an activating group) is 1. The highest BCUT2D eigenvalue weighted by atomic mass is 35.5. The van der Waals surface area contributed by atoms with E-state index in [-0.39, 0.29) is 18.6 Å². The van der Waals surface area contributed by atoms with Crippen LogP contribution in [0.15, 0.2) is 60.8 Å². The van der Waals surface area contributed by atoms with Crippen LogP contribution in [0.5, 0.6) is 0 Å². The molecule has 1 unspecified atom stereocenters. The third-order valence-electron chi connectivity index (χ3n) is 8.24. The van der Waals surface area contributed by atoms with Gasteiger partial charge in [0.15, 0.2) is 0 Å². The number of aromatic nitrogens is 1. The Morgan fingerprint density at radius 1 is 1.08 bits per heavy atom. The van der Waals surface area contributed by atoms with Gasteiger partial charge in [-0.05, 0) is 61.9 Å². The minimum atomic E-state index is -0.976. The number of hydroxylamine groups is 2. The highest BCUT2D eigenvalue weighted by Crippen LogP contribution is 2.50. The lowest BCUT2D eigenvalue weighted by molar-refractivity contribution is -0.187. The number of halogens is 2. The van der Waals surface area contributed by atoms with E-state index in [1.54, 1.807) is 13.3 Å². The summed E-state index contributed by atoms with van der Waals surface area (Å²) < 4.78 is 0. The summed E-state index contributed by atoms with van der Waals surface area (Å²) in [6.45, 7) is 4.64. The van der Waals surface area contributed by atoms with E-state index in [1.807, 2.05) is 54.6 Å². The molecule has 2 aromatic carbocycles. The number of hydrogen-bond donors (Lipinski definition) is 1. The van der Waals surface area contributed by atoms with E-state index in [0.29, 0.717) is 34.5 Å². The van der Waals surface area contributed by atoms with Crippen molar-refractivity contribution in [3.8, 4) is 11.1 Å². The predicted molar refractivity (Wildman–Crippen MR) is 154 cm³/mol. The molecule has 0 aliphatic carbocycles. The van der Waals surface area contributed by atoms with Crippen LogP contribution in [0.2, 0.25) is 10.0 Å². The Hall–Kier alpha value is -2.52. The largest absolute Gasteiger partial charge is 0.396 e. The summed E-state index contributed by atoms with van der Waals surface area (Å²) in [4.78, 5) is 29.5. The molecule has 0 saturated carbocycles. The van der Waals surface area contributed by atoms with Gasteiger partial charge >= 0.3 is 0 Å². The fraction of sp³-hybridized carbons (Fsp3) is 0.400. The zero-order chi connectivity index (χ0) is 27.7. The molecular weight excluding hydrogens is 535 g/mol. The molecule has 2 aliphatic rings. The van der Waals surface area contributed by atoms with E-state index in [2.05, 4.69) is 28.8 Å². The molecule has 1 N–H and O–H groups in total. The van der Waals surface area contributed by atoms with Gasteiger partial charge in [0.1, 0.15) is 5.54 Å². The normalized spacial score (nSPS) is 22.8. The second kappa shape index (κ2) is 11.5. The van der Waals surface area contributed by atoms with Crippen LogP contribution in [0.4, 0.5) is 0 Å². The number of hydrogen-bond acceptors (Lipinski definition) is 6. The molecule has 5 rings (SSSR count).